The highest BCUT2D eigenvalue weighted by Gasteiger charge is 2.43. The van der Waals surface area contributed by atoms with Crippen molar-refractivity contribution >= 4 is 11.9 Å². The molecule has 2 aliphatic rings. The van der Waals surface area contributed by atoms with E-state index in [1.54, 1.807) is 32.2 Å². The number of rotatable bonds is 5. The second-order valence-electron chi connectivity index (χ2n) is 6.11. The largest absolute Gasteiger partial charge is 0.493 e. The first-order valence-electron chi connectivity index (χ1n) is 8.30. The first-order valence-corrected chi connectivity index (χ1v) is 8.30. The summed E-state index contributed by atoms with van der Waals surface area (Å²) in [6.45, 7) is 3.14. The third kappa shape index (κ3) is 2.69. The standard InChI is InChI=1S/C18H23N3O4/c1-5-9-21-10-12-14(17(21)22)15(19-18(23)20(12)2)11-7-6-8-13(24-3)16(11)25-4/h6-8,15H,5,9-10H2,1-4H3,(H,19,23)/t15-/m0/s1. The van der Waals surface area contributed by atoms with E-state index >= 15 is 0 Å². The molecular weight excluding hydrogens is 322 g/mol. The van der Waals surface area contributed by atoms with Gasteiger partial charge in [0.2, 0.25) is 0 Å². The molecule has 0 radical (unpaired) electrons. The number of methoxy groups -OCH3 is 2. The zero-order chi connectivity index (χ0) is 18.1. The van der Waals surface area contributed by atoms with Gasteiger partial charge in [0, 0.05) is 19.2 Å². The number of carbonyl (C=O) groups excluding carboxylic acids is 2. The number of urea groups is 1. The highest BCUT2D eigenvalue weighted by Crippen LogP contribution is 2.42. The van der Waals surface area contributed by atoms with Crippen molar-refractivity contribution < 1.29 is 19.1 Å². The summed E-state index contributed by atoms with van der Waals surface area (Å²) in [6.07, 6.45) is 0.866. The highest BCUT2D eigenvalue weighted by atomic mass is 16.5. The van der Waals surface area contributed by atoms with Crippen molar-refractivity contribution in [2.24, 2.45) is 0 Å². The fraction of sp³-hybridized carbons (Fsp3) is 0.444. The third-order valence-corrected chi connectivity index (χ3v) is 4.67. The minimum Gasteiger partial charge on any atom is -0.493 e. The molecular formula is C18H23N3O4. The van der Waals surface area contributed by atoms with Crippen molar-refractivity contribution in [3.63, 3.8) is 0 Å². The van der Waals surface area contributed by atoms with Gasteiger partial charge in [-0.2, -0.15) is 0 Å². The minimum absolute atomic E-state index is 0.0430. The lowest BCUT2D eigenvalue weighted by Crippen LogP contribution is -2.45. The Morgan fingerprint density at radius 2 is 2.00 bits per heavy atom. The van der Waals surface area contributed by atoms with Gasteiger partial charge in [0.25, 0.3) is 5.91 Å². The Labute approximate surface area is 147 Å². The molecule has 1 aromatic carbocycles. The van der Waals surface area contributed by atoms with E-state index in [-0.39, 0.29) is 11.9 Å². The van der Waals surface area contributed by atoms with Crippen LogP contribution in [0.1, 0.15) is 24.9 Å². The summed E-state index contributed by atoms with van der Waals surface area (Å²) in [5, 5.41) is 2.92. The van der Waals surface area contributed by atoms with Gasteiger partial charge < -0.3 is 19.7 Å². The summed E-state index contributed by atoms with van der Waals surface area (Å²) < 4.78 is 10.9. The van der Waals surface area contributed by atoms with E-state index in [1.807, 2.05) is 19.1 Å². The zero-order valence-electron chi connectivity index (χ0n) is 15.0. The number of hydrogen-bond donors (Lipinski definition) is 1. The molecule has 134 valence electrons. The van der Waals surface area contributed by atoms with Crippen LogP contribution in [0.3, 0.4) is 0 Å². The van der Waals surface area contributed by atoms with Crippen molar-refractivity contribution in [3.05, 3.63) is 35.0 Å². The van der Waals surface area contributed by atoms with E-state index in [1.165, 1.54) is 4.90 Å². The van der Waals surface area contributed by atoms with Crippen LogP contribution in [-0.2, 0) is 4.79 Å². The average Bonchev–Trinajstić information content (AvgIpc) is 2.94. The molecule has 0 aliphatic carbocycles. The number of nitrogens with one attached hydrogen (secondary N) is 1. The van der Waals surface area contributed by atoms with Crippen LogP contribution < -0.4 is 14.8 Å². The smallest absolute Gasteiger partial charge is 0.322 e. The molecule has 2 aliphatic heterocycles. The van der Waals surface area contributed by atoms with Crippen LogP contribution in [0.2, 0.25) is 0 Å². The normalized spacial score (nSPS) is 19.9. The number of para-hydroxylation sites is 1. The fourth-order valence-electron chi connectivity index (χ4n) is 3.45. The van der Waals surface area contributed by atoms with Crippen LogP contribution in [0.4, 0.5) is 4.79 Å². The number of likely N-dealkylation sites (N-methyl/N-ethyl adjacent to an activating group) is 1. The molecule has 1 N–H and O–H groups in total. The Morgan fingerprint density at radius 1 is 1.24 bits per heavy atom. The van der Waals surface area contributed by atoms with E-state index in [2.05, 4.69) is 5.32 Å². The van der Waals surface area contributed by atoms with Gasteiger partial charge in [-0.3, -0.25) is 9.69 Å². The van der Waals surface area contributed by atoms with Crippen LogP contribution in [0, 0.1) is 0 Å². The summed E-state index contributed by atoms with van der Waals surface area (Å²) >= 11 is 0. The molecule has 1 atom stereocenters. The van der Waals surface area contributed by atoms with Gasteiger partial charge in [-0.1, -0.05) is 19.1 Å². The number of ether oxygens (including phenoxy) is 2. The maximum absolute atomic E-state index is 12.9. The van der Waals surface area contributed by atoms with Crippen molar-refractivity contribution in [2.75, 3.05) is 34.4 Å². The third-order valence-electron chi connectivity index (χ3n) is 4.67. The molecule has 0 fully saturated rings. The molecule has 25 heavy (non-hydrogen) atoms. The van der Waals surface area contributed by atoms with Gasteiger partial charge in [-0.25, -0.2) is 4.79 Å². The monoisotopic (exact) mass is 345 g/mol. The predicted molar refractivity (Wildman–Crippen MR) is 92.5 cm³/mol. The molecule has 1 aromatic rings. The Hall–Kier alpha value is -2.70. The van der Waals surface area contributed by atoms with Crippen LogP contribution in [0.25, 0.3) is 0 Å². The van der Waals surface area contributed by atoms with E-state index in [0.717, 1.165) is 12.1 Å². The molecule has 0 saturated heterocycles. The Morgan fingerprint density at radius 3 is 2.64 bits per heavy atom. The number of carbonyl (C=O) groups is 2. The SMILES string of the molecule is CCCN1CC2=C(C1=O)[C@H](c1cccc(OC)c1OC)NC(=O)N2C. The molecule has 3 rings (SSSR count). The summed E-state index contributed by atoms with van der Waals surface area (Å²) in [5.41, 5.74) is 2.06. The van der Waals surface area contributed by atoms with Gasteiger partial charge in [0.05, 0.1) is 38.1 Å². The quantitative estimate of drug-likeness (QED) is 0.885. The molecule has 0 spiro atoms. The molecule has 7 heteroatoms. The number of benzene rings is 1. The van der Waals surface area contributed by atoms with E-state index in [0.29, 0.717) is 35.7 Å². The molecule has 0 unspecified atom stereocenters. The van der Waals surface area contributed by atoms with Crippen molar-refractivity contribution in [1.29, 1.82) is 0 Å². The second-order valence-corrected chi connectivity index (χ2v) is 6.11. The first kappa shape index (κ1) is 17.1. The van der Waals surface area contributed by atoms with Gasteiger partial charge >= 0.3 is 6.03 Å². The lowest BCUT2D eigenvalue weighted by Gasteiger charge is -2.31. The van der Waals surface area contributed by atoms with Gasteiger partial charge in [-0.15, -0.1) is 0 Å². The topological polar surface area (TPSA) is 71.1 Å². The van der Waals surface area contributed by atoms with Crippen molar-refractivity contribution in [2.45, 2.75) is 19.4 Å². The van der Waals surface area contributed by atoms with Crippen molar-refractivity contribution in [1.82, 2.24) is 15.1 Å². The average molecular weight is 345 g/mol. The summed E-state index contributed by atoms with van der Waals surface area (Å²) in [4.78, 5) is 28.7. The van der Waals surface area contributed by atoms with E-state index < -0.39 is 6.04 Å². The van der Waals surface area contributed by atoms with Gasteiger partial charge in [0.15, 0.2) is 11.5 Å². The molecule has 0 aromatic heterocycles. The van der Waals surface area contributed by atoms with Crippen LogP contribution >= 0.6 is 0 Å². The molecule has 2 heterocycles. The Bertz CT molecular complexity index is 744. The lowest BCUT2D eigenvalue weighted by molar-refractivity contribution is -0.125. The Balaban J connectivity index is 2.10. The minimum atomic E-state index is -0.557. The maximum Gasteiger partial charge on any atom is 0.322 e. The molecule has 3 amide bonds. The van der Waals surface area contributed by atoms with Crippen LogP contribution in [-0.4, -0.2) is 56.1 Å². The second kappa shape index (κ2) is 6.66. The predicted octanol–water partition coefficient (Wildman–Crippen LogP) is 1.91. The van der Waals surface area contributed by atoms with E-state index in [9.17, 15) is 9.59 Å². The summed E-state index contributed by atoms with van der Waals surface area (Å²) in [5.74, 6) is 1.04. The number of nitrogens with zero attached hydrogens (tertiary/aromatic N) is 2. The molecule has 0 saturated carbocycles. The first-order chi connectivity index (χ1) is 12.0. The van der Waals surface area contributed by atoms with Crippen LogP contribution in [0.5, 0.6) is 11.5 Å². The number of amides is 3. The maximum atomic E-state index is 12.9. The van der Waals surface area contributed by atoms with Crippen LogP contribution in [0.15, 0.2) is 29.5 Å². The highest BCUT2D eigenvalue weighted by molar-refractivity contribution is 6.01. The fourth-order valence-corrected chi connectivity index (χ4v) is 3.45. The lowest BCUT2D eigenvalue weighted by atomic mass is 9.94. The molecule has 0 bridgehead atoms. The molecule has 7 nitrogen and oxygen atoms in total. The summed E-state index contributed by atoms with van der Waals surface area (Å²) in [7, 11) is 4.79. The zero-order valence-corrected chi connectivity index (χ0v) is 15.0. The van der Waals surface area contributed by atoms with Crippen molar-refractivity contribution in [3.8, 4) is 11.5 Å². The summed E-state index contributed by atoms with van der Waals surface area (Å²) in [6, 6.07) is 4.66. The van der Waals surface area contributed by atoms with Gasteiger partial charge in [-0.05, 0) is 12.5 Å². The Kier molecular flexibility index (Phi) is 4.57. The van der Waals surface area contributed by atoms with Gasteiger partial charge in [0.1, 0.15) is 0 Å². The van der Waals surface area contributed by atoms with E-state index in [4.69, 9.17) is 9.47 Å². The number of hydrogen-bond acceptors (Lipinski definition) is 4.